The highest BCUT2D eigenvalue weighted by Gasteiger charge is 2.00. The van der Waals surface area contributed by atoms with Crippen LogP contribution in [0.5, 0.6) is 0 Å². The lowest BCUT2D eigenvalue weighted by Gasteiger charge is -1.97. The minimum atomic E-state index is 0.0185. The van der Waals surface area contributed by atoms with Crippen molar-refractivity contribution in [3.63, 3.8) is 0 Å². The molecule has 0 saturated carbocycles. The summed E-state index contributed by atoms with van der Waals surface area (Å²) in [6, 6.07) is 0. The second kappa shape index (κ2) is 1.94. The van der Waals surface area contributed by atoms with E-state index in [9.17, 15) is 0 Å². The van der Waals surface area contributed by atoms with Gasteiger partial charge in [-0.15, -0.1) is 0 Å². The number of rotatable bonds is 0. The van der Waals surface area contributed by atoms with Crippen LogP contribution >= 0.6 is 0 Å². The molecule has 0 radical (unpaired) electrons. The standard InChI is InChI=1S/C6H8O/c7-6-4-2-1-3-5-6/h1-4,6-7H,5H2/p+1. The molecule has 1 nitrogen and oxygen atoms in total. The number of hydrogen-bond acceptors (Lipinski definition) is 0. The van der Waals surface area contributed by atoms with Crippen molar-refractivity contribution in [2.75, 3.05) is 0 Å². The van der Waals surface area contributed by atoms with Gasteiger partial charge < -0.3 is 5.11 Å². The van der Waals surface area contributed by atoms with Crippen molar-refractivity contribution in [1.29, 1.82) is 0 Å². The third kappa shape index (κ3) is 1.16. The van der Waals surface area contributed by atoms with Gasteiger partial charge in [0.25, 0.3) is 0 Å². The van der Waals surface area contributed by atoms with Crippen LogP contribution < -0.4 is 0 Å². The van der Waals surface area contributed by atoms with Crippen LogP contribution in [0.3, 0.4) is 0 Å². The van der Waals surface area contributed by atoms with Crippen molar-refractivity contribution < 1.29 is 5.11 Å². The minimum Gasteiger partial charge on any atom is -0.440 e. The summed E-state index contributed by atoms with van der Waals surface area (Å²) in [6.07, 6.45) is 8.70. The molecule has 1 heteroatoms. The van der Waals surface area contributed by atoms with Crippen LogP contribution in [0, 0.1) is 0 Å². The van der Waals surface area contributed by atoms with Crippen molar-refractivity contribution in [2.24, 2.45) is 0 Å². The Hall–Kier alpha value is -0.560. The maximum Gasteiger partial charge on any atom is 0.176 e. The van der Waals surface area contributed by atoms with Crippen LogP contribution in [0.15, 0.2) is 24.3 Å². The van der Waals surface area contributed by atoms with Crippen molar-refractivity contribution in [2.45, 2.75) is 12.5 Å². The normalized spacial score (nSPS) is 28.4. The monoisotopic (exact) mass is 97.1 g/mol. The van der Waals surface area contributed by atoms with Crippen molar-refractivity contribution in [1.82, 2.24) is 0 Å². The molecule has 1 aliphatic carbocycles. The third-order valence-electron chi connectivity index (χ3n) is 0.981. The average molecular weight is 97.1 g/mol. The summed E-state index contributed by atoms with van der Waals surface area (Å²) in [5.74, 6) is 0. The fraction of sp³-hybridized carbons (Fsp3) is 0.333. The fourth-order valence-electron chi connectivity index (χ4n) is 0.581. The molecule has 0 aromatic rings. The maximum atomic E-state index is 7.13. The first kappa shape index (κ1) is 4.60. The van der Waals surface area contributed by atoms with Gasteiger partial charge in [0.1, 0.15) is 0 Å². The lowest BCUT2D eigenvalue weighted by Crippen LogP contribution is -2.00. The van der Waals surface area contributed by atoms with E-state index in [-0.39, 0.29) is 6.10 Å². The summed E-state index contributed by atoms with van der Waals surface area (Å²) in [7, 11) is 0. The van der Waals surface area contributed by atoms with E-state index >= 15 is 0 Å². The SMILES string of the molecule is [OH2+]C1C=CC=CC1. The third-order valence-corrected chi connectivity index (χ3v) is 0.981. The molecule has 0 saturated heterocycles. The van der Waals surface area contributed by atoms with Crippen LogP contribution in [0.1, 0.15) is 6.42 Å². The predicted octanol–water partition coefficient (Wildman–Crippen LogP) is 0.596. The van der Waals surface area contributed by atoms with E-state index in [0.717, 1.165) is 6.42 Å². The van der Waals surface area contributed by atoms with E-state index in [2.05, 4.69) is 0 Å². The molecule has 2 N–H and O–H groups in total. The molecule has 7 heavy (non-hydrogen) atoms. The smallest absolute Gasteiger partial charge is 0.176 e. The van der Waals surface area contributed by atoms with Gasteiger partial charge in [0.15, 0.2) is 6.10 Å². The van der Waals surface area contributed by atoms with Gasteiger partial charge in [-0.2, -0.15) is 0 Å². The zero-order valence-electron chi connectivity index (χ0n) is 4.09. The van der Waals surface area contributed by atoms with Crippen LogP contribution in [-0.2, 0) is 0 Å². The van der Waals surface area contributed by atoms with Gasteiger partial charge in [0.05, 0.1) is 0 Å². The van der Waals surface area contributed by atoms with Gasteiger partial charge in [-0.3, -0.25) is 0 Å². The van der Waals surface area contributed by atoms with Crippen LogP contribution in [0.25, 0.3) is 0 Å². The van der Waals surface area contributed by atoms with E-state index in [4.69, 9.17) is 5.11 Å². The predicted molar refractivity (Wildman–Crippen MR) is 30.3 cm³/mol. The van der Waals surface area contributed by atoms with E-state index in [0.29, 0.717) is 0 Å². The first-order chi connectivity index (χ1) is 3.39. The molecule has 0 fully saturated rings. The van der Waals surface area contributed by atoms with Gasteiger partial charge in [-0.1, -0.05) is 18.2 Å². The van der Waals surface area contributed by atoms with Crippen molar-refractivity contribution in [3.05, 3.63) is 24.3 Å². The van der Waals surface area contributed by atoms with E-state index in [1.165, 1.54) is 0 Å². The van der Waals surface area contributed by atoms with Crippen molar-refractivity contribution >= 4 is 0 Å². The Morgan fingerprint density at radius 1 is 1.43 bits per heavy atom. The van der Waals surface area contributed by atoms with Gasteiger partial charge in [0.2, 0.25) is 0 Å². The topological polar surface area (TPSA) is 22.9 Å². The summed E-state index contributed by atoms with van der Waals surface area (Å²) in [6.45, 7) is 0. The molecule has 0 aromatic heterocycles. The van der Waals surface area contributed by atoms with Gasteiger partial charge in [0, 0.05) is 6.42 Å². The molecule has 0 aliphatic heterocycles. The molecule has 38 valence electrons. The summed E-state index contributed by atoms with van der Waals surface area (Å²) in [5, 5.41) is 7.13. The minimum absolute atomic E-state index is 0.0185. The molecular weight excluding hydrogens is 88.1 g/mol. The Morgan fingerprint density at radius 3 is 2.57 bits per heavy atom. The van der Waals surface area contributed by atoms with E-state index in [1.54, 1.807) is 0 Å². The van der Waals surface area contributed by atoms with Gasteiger partial charge >= 0.3 is 0 Å². The largest absolute Gasteiger partial charge is 0.440 e. The summed E-state index contributed by atoms with van der Waals surface area (Å²) in [5.41, 5.74) is 0. The first-order valence-corrected chi connectivity index (χ1v) is 2.44. The molecule has 0 bridgehead atoms. The maximum absolute atomic E-state index is 7.13. The van der Waals surface area contributed by atoms with E-state index in [1.807, 2.05) is 24.3 Å². The zero-order chi connectivity index (χ0) is 5.11. The second-order valence-corrected chi connectivity index (χ2v) is 1.66. The molecule has 0 aromatic carbocycles. The van der Waals surface area contributed by atoms with Gasteiger partial charge in [-0.25, -0.2) is 0 Å². The first-order valence-electron chi connectivity index (χ1n) is 2.44. The summed E-state index contributed by atoms with van der Waals surface area (Å²) in [4.78, 5) is 0. The highest BCUT2D eigenvalue weighted by Crippen LogP contribution is 2.00. The zero-order valence-corrected chi connectivity index (χ0v) is 4.09. The Labute approximate surface area is 43.0 Å². The Bertz CT molecular complexity index is 103. The Kier molecular flexibility index (Phi) is 1.27. The fourth-order valence-corrected chi connectivity index (χ4v) is 0.581. The molecule has 1 atom stereocenters. The van der Waals surface area contributed by atoms with Crippen LogP contribution in [-0.4, -0.2) is 11.2 Å². The Morgan fingerprint density at radius 2 is 2.29 bits per heavy atom. The molecule has 1 unspecified atom stereocenters. The molecule has 0 spiro atoms. The lowest BCUT2D eigenvalue weighted by molar-refractivity contribution is 0.225. The number of hydrogen-bond donors (Lipinski definition) is 0. The van der Waals surface area contributed by atoms with Crippen molar-refractivity contribution in [3.8, 4) is 0 Å². The number of allylic oxidation sites excluding steroid dienone is 2. The Balaban J connectivity index is 2.49. The molecule has 0 heterocycles. The highest BCUT2D eigenvalue weighted by molar-refractivity contribution is 5.11. The summed E-state index contributed by atoms with van der Waals surface area (Å²) >= 11 is 0. The average Bonchev–Trinajstić information content (AvgIpc) is 1.69. The second-order valence-electron chi connectivity index (χ2n) is 1.66. The quantitative estimate of drug-likeness (QED) is 0.395. The van der Waals surface area contributed by atoms with Crippen LogP contribution in [0.2, 0.25) is 0 Å². The molecule has 1 rings (SSSR count). The lowest BCUT2D eigenvalue weighted by atomic mass is 10.1. The highest BCUT2D eigenvalue weighted by atomic mass is 16.3. The van der Waals surface area contributed by atoms with Gasteiger partial charge in [-0.05, 0) is 6.08 Å². The molecule has 1 aliphatic rings. The molecule has 0 amide bonds. The van der Waals surface area contributed by atoms with E-state index < -0.39 is 0 Å². The molecular formula is C6H9O+. The van der Waals surface area contributed by atoms with Crippen LogP contribution in [0.4, 0.5) is 0 Å². The summed E-state index contributed by atoms with van der Waals surface area (Å²) < 4.78 is 0.